The van der Waals surface area contributed by atoms with Crippen molar-refractivity contribution in [2.75, 3.05) is 5.75 Å². The summed E-state index contributed by atoms with van der Waals surface area (Å²) in [6.45, 7) is 6.19. The third-order valence-corrected chi connectivity index (χ3v) is 5.76. The van der Waals surface area contributed by atoms with Crippen LogP contribution in [0.15, 0.2) is 59.8 Å². The molecule has 6 nitrogen and oxygen atoms in total. The summed E-state index contributed by atoms with van der Waals surface area (Å²) in [5.74, 6) is 1.40. The van der Waals surface area contributed by atoms with E-state index in [4.69, 9.17) is 4.98 Å². The van der Waals surface area contributed by atoms with Crippen molar-refractivity contribution in [3.63, 3.8) is 0 Å². The number of nitrogens with zero attached hydrogens (tertiary/aromatic N) is 4. The first-order valence-electron chi connectivity index (χ1n) is 10.1. The summed E-state index contributed by atoms with van der Waals surface area (Å²) in [4.78, 5) is 22.0. The van der Waals surface area contributed by atoms with Gasteiger partial charge in [0, 0.05) is 5.39 Å². The van der Waals surface area contributed by atoms with Crippen LogP contribution in [0.2, 0.25) is 0 Å². The van der Waals surface area contributed by atoms with Gasteiger partial charge in [-0.15, -0.1) is 5.10 Å². The molecular formula is C23H25N5OS. The number of hydrogen-bond donors (Lipinski definition) is 1. The molecule has 0 aliphatic carbocycles. The second-order valence-corrected chi connectivity index (χ2v) is 8.70. The average Bonchev–Trinajstić information content (AvgIpc) is 3.14. The Balaban J connectivity index is 1.53. The smallest absolute Gasteiger partial charge is 0.230 e. The van der Waals surface area contributed by atoms with E-state index in [1.807, 2.05) is 49.4 Å². The lowest BCUT2D eigenvalue weighted by atomic mass is 9.97. The number of fused-ring (bicyclic) bond motifs is 3. The fourth-order valence-electron chi connectivity index (χ4n) is 3.53. The summed E-state index contributed by atoms with van der Waals surface area (Å²) in [5.41, 5.74) is 2.74. The molecule has 0 aliphatic rings. The Morgan fingerprint density at radius 2 is 1.80 bits per heavy atom. The van der Waals surface area contributed by atoms with Gasteiger partial charge >= 0.3 is 0 Å². The Hall–Kier alpha value is -2.93. The molecule has 1 amide bonds. The first-order valence-corrected chi connectivity index (χ1v) is 11.1. The SMILES string of the molecule is Cc1nc2c3ccccc3nc(SCC(=O)NC(CC(C)C)c3ccccc3)n2n1. The highest BCUT2D eigenvalue weighted by Crippen LogP contribution is 2.25. The molecule has 1 unspecified atom stereocenters. The average molecular weight is 420 g/mol. The lowest BCUT2D eigenvalue weighted by molar-refractivity contribution is -0.119. The Bertz CT molecular complexity index is 1170. The van der Waals surface area contributed by atoms with E-state index in [2.05, 4.69) is 41.4 Å². The van der Waals surface area contributed by atoms with Crippen LogP contribution in [-0.4, -0.2) is 31.2 Å². The maximum atomic E-state index is 12.8. The lowest BCUT2D eigenvalue weighted by Crippen LogP contribution is -2.31. The lowest BCUT2D eigenvalue weighted by Gasteiger charge is -2.21. The number of para-hydroxylation sites is 1. The zero-order valence-electron chi connectivity index (χ0n) is 17.4. The number of benzene rings is 2. The van der Waals surface area contributed by atoms with Gasteiger partial charge in [-0.3, -0.25) is 4.79 Å². The quantitative estimate of drug-likeness (QED) is 0.351. The summed E-state index contributed by atoms with van der Waals surface area (Å²) in [6, 6.07) is 18.0. The first kappa shape index (κ1) is 20.3. The molecule has 4 aromatic rings. The van der Waals surface area contributed by atoms with Crippen LogP contribution in [0.25, 0.3) is 16.6 Å². The molecule has 30 heavy (non-hydrogen) atoms. The minimum atomic E-state index is -0.0190. The molecule has 2 aromatic carbocycles. The van der Waals surface area contributed by atoms with Crippen molar-refractivity contribution in [3.05, 3.63) is 66.0 Å². The van der Waals surface area contributed by atoms with E-state index in [1.165, 1.54) is 11.8 Å². The van der Waals surface area contributed by atoms with Gasteiger partial charge in [0.15, 0.2) is 10.8 Å². The van der Waals surface area contributed by atoms with Gasteiger partial charge in [0.05, 0.1) is 17.3 Å². The van der Waals surface area contributed by atoms with Crippen molar-refractivity contribution in [1.29, 1.82) is 0 Å². The van der Waals surface area contributed by atoms with Crippen molar-refractivity contribution in [2.45, 2.75) is 38.4 Å². The van der Waals surface area contributed by atoms with E-state index in [1.54, 1.807) is 4.52 Å². The van der Waals surface area contributed by atoms with Crippen LogP contribution < -0.4 is 5.32 Å². The van der Waals surface area contributed by atoms with Gasteiger partial charge in [0.2, 0.25) is 5.91 Å². The van der Waals surface area contributed by atoms with Crippen LogP contribution in [0.4, 0.5) is 0 Å². The maximum Gasteiger partial charge on any atom is 0.230 e. The number of nitrogens with one attached hydrogen (secondary N) is 1. The molecule has 1 atom stereocenters. The van der Waals surface area contributed by atoms with E-state index >= 15 is 0 Å². The van der Waals surface area contributed by atoms with Gasteiger partial charge in [0.1, 0.15) is 5.82 Å². The monoisotopic (exact) mass is 419 g/mol. The van der Waals surface area contributed by atoms with Gasteiger partial charge in [-0.05, 0) is 37.0 Å². The highest BCUT2D eigenvalue weighted by molar-refractivity contribution is 7.99. The highest BCUT2D eigenvalue weighted by Gasteiger charge is 2.18. The predicted molar refractivity (Wildman–Crippen MR) is 121 cm³/mol. The number of amides is 1. The van der Waals surface area contributed by atoms with Crippen LogP contribution >= 0.6 is 11.8 Å². The molecular weight excluding hydrogens is 394 g/mol. The second kappa shape index (κ2) is 8.83. The van der Waals surface area contributed by atoms with Crippen LogP contribution in [-0.2, 0) is 4.79 Å². The van der Waals surface area contributed by atoms with Crippen molar-refractivity contribution in [3.8, 4) is 0 Å². The molecule has 1 N–H and O–H groups in total. The molecule has 154 valence electrons. The fraction of sp³-hybridized carbons (Fsp3) is 0.304. The zero-order valence-corrected chi connectivity index (χ0v) is 18.2. The van der Waals surface area contributed by atoms with Crippen molar-refractivity contribution in [1.82, 2.24) is 24.9 Å². The third kappa shape index (κ3) is 4.46. The van der Waals surface area contributed by atoms with Gasteiger partial charge in [-0.1, -0.05) is 68.1 Å². The minimum absolute atomic E-state index is 0.00232. The highest BCUT2D eigenvalue weighted by atomic mass is 32.2. The Labute approximate surface area is 180 Å². The molecule has 2 aromatic heterocycles. The summed E-state index contributed by atoms with van der Waals surface area (Å²) in [7, 11) is 0. The normalized spacial score (nSPS) is 12.5. The minimum Gasteiger partial charge on any atom is -0.349 e. The molecule has 0 fully saturated rings. The molecule has 0 saturated heterocycles. The van der Waals surface area contributed by atoms with E-state index < -0.39 is 0 Å². The number of thioether (sulfide) groups is 1. The standard InChI is InChI=1S/C23H25N5OS/c1-15(2)13-20(17-9-5-4-6-10-17)25-21(29)14-30-23-26-19-12-8-7-11-18(19)22-24-16(3)27-28(22)23/h4-12,15,20H,13-14H2,1-3H3,(H,25,29). The van der Waals surface area contributed by atoms with Gasteiger partial charge in [0.25, 0.3) is 0 Å². The number of aryl methyl sites for hydroxylation is 1. The summed E-state index contributed by atoms with van der Waals surface area (Å²) in [6.07, 6.45) is 0.890. The molecule has 0 radical (unpaired) electrons. The zero-order chi connectivity index (χ0) is 21.1. The largest absolute Gasteiger partial charge is 0.349 e. The predicted octanol–water partition coefficient (Wildman–Crippen LogP) is 4.58. The number of aromatic nitrogens is 4. The maximum absolute atomic E-state index is 12.8. The van der Waals surface area contributed by atoms with Crippen molar-refractivity contribution in [2.24, 2.45) is 5.92 Å². The van der Waals surface area contributed by atoms with Crippen LogP contribution in [0, 0.1) is 12.8 Å². The summed E-state index contributed by atoms with van der Waals surface area (Å²) < 4.78 is 1.73. The second-order valence-electron chi connectivity index (χ2n) is 7.75. The van der Waals surface area contributed by atoms with E-state index in [-0.39, 0.29) is 17.7 Å². The molecule has 0 saturated carbocycles. The van der Waals surface area contributed by atoms with Gasteiger partial charge < -0.3 is 5.32 Å². The van der Waals surface area contributed by atoms with Crippen molar-refractivity contribution >= 4 is 34.2 Å². The molecule has 7 heteroatoms. The molecule has 4 rings (SSSR count). The number of rotatable bonds is 7. The van der Waals surface area contributed by atoms with Crippen LogP contribution in [0.1, 0.15) is 37.7 Å². The Morgan fingerprint density at radius 1 is 1.07 bits per heavy atom. The number of carbonyl (C=O) groups is 1. The molecule has 0 bridgehead atoms. The van der Waals surface area contributed by atoms with Crippen LogP contribution in [0.5, 0.6) is 0 Å². The van der Waals surface area contributed by atoms with E-state index in [0.29, 0.717) is 16.9 Å². The van der Waals surface area contributed by atoms with Crippen molar-refractivity contribution < 1.29 is 4.79 Å². The number of carbonyl (C=O) groups excluding carboxylic acids is 1. The Kier molecular flexibility index (Phi) is 5.99. The molecule has 2 heterocycles. The molecule has 0 aliphatic heterocycles. The summed E-state index contributed by atoms with van der Waals surface area (Å²) >= 11 is 1.38. The van der Waals surface area contributed by atoms with E-state index in [0.717, 1.165) is 28.5 Å². The number of hydrogen-bond acceptors (Lipinski definition) is 5. The van der Waals surface area contributed by atoms with Crippen LogP contribution in [0.3, 0.4) is 0 Å². The van der Waals surface area contributed by atoms with Gasteiger partial charge in [-0.25, -0.2) is 9.97 Å². The summed E-state index contributed by atoms with van der Waals surface area (Å²) in [5, 5.41) is 9.29. The topological polar surface area (TPSA) is 72.2 Å². The molecule has 0 spiro atoms. The van der Waals surface area contributed by atoms with Gasteiger partial charge in [-0.2, -0.15) is 4.52 Å². The fourth-order valence-corrected chi connectivity index (χ4v) is 4.28. The van der Waals surface area contributed by atoms with E-state index in [9.17, 15) is 4.79 Å². The third-order valence-electron chi connectivity index (χ3n) is 4.83. The first-order chi connectivity index (χ1) is 14.5. The Morgan fingerprint density at radius 3 is 2.57 bits per heavy atom.